The molecule has 4 amide bonds. The third-order valence-corrected chi connectivity index (χ3v) is 6.73. The highest BCUT2D eigenvalue weighted by atomic mass is 16.2. The minimum absolute atomic E-state index is 0.0507. The summed E-state index contributed by atoms with van der Waals surface area (Å²) in [6.45, 7) is 4.56. The van der Waals surface area contributed by atoms with E-state index in [1.165, 1.54) is 4.90 Å². The lowest BCUT2D eigenvalue weighted by Gasteiger charge is -2.29. The van der Waals surface area contributed by atoms with Crippen molar-refractivity contribution in [1.82, 2.24) is 15.1 Å². The van der Waals surface area contributed by atoms with E-state index >= 15 is 0 Å². The molecule has 2 aromatic rings. The van der Waals surface area contributed by atoms with Crippen LogP contribution in [-0.2, 0) is 16.1 Å². The number of urea groups is 1. The quantitative estimate of drug-likeness (QED) is 0.548. The summed E-state index contributed by atoms with van der Waals surface area (Å²) in [5.74, 6) is -0.681. The van der Waals surface area contributed by atoms with E-state index in [1.54, 1.807) is 35.2 Å². The highest BCUT2D eigenvalue weighted by Crippen LogP contribution is 2.31. The fourth-order valence-corrected chi connectivity index (χ4v) is 5.03. The zero-order valence-corrected chi connectivity index (χ0v) is 20.6. The van der Waals surface area contributed by atoms with E-state index in [2.05, 4.69) is 10.6 Å². The number of nitrogens with zero attached hydrogens (tertiary/aromatic N) is 2. The molecule has 0 aromatic heterocycles. The molecule has 36 heavy (non-hydrogen) atoms. The molecular weight excluding hydrogens is 458 g/mol. The van der Waals surface area contributed by atoms with E-state index in [1.807, 2.05) is 38.1 Å². The van der Waals surface area contributed by atoms with Crippen molar-refractivity contribution in [1.29, 1.82) is 0 Å². The lowest BCUT2D eigenvalue weighted by molar-refractivity contribution is -0.138. The highest BCUT2D eigenvalue weighted by Gasteiger charge is 2.52. The van der Waals surface area contributed by atoms with Crippen molar-refractivity contribution in [2.24, 2.45) is 11.7 Å². The zero-order chi connectivity index (χ0) is 25.8. The monoisotopic (exact) mass is 491 g/mol. The summed E-state index contributed by atoms with van der Waals surface area (Å²) < 4.78 is 0. The lowest BCUT2D eigenvalue weighted by Crippen LogP contribution is -2.53. The third kappa shape index (κ3) is 5.41. The van der Waals surface area contributed by atoms with Gasteiger partial charge in [-0.3, -0.25) is 14.4 Å². The number of nitrogens with two attached hydrogens (primary N) is 1. The summed E-state index contributed by atoms with van der Waals surface area (Å²) >= 11 is 0. The van der Waals surface area contributed by atoms with Gasteiger partial charge in [0.25, 0.3) is 5.91 Å². The van der Waals surface area contributed by atoms with Crippen LogP contribution < -0.4 is 16.4 Å². The van der Waals surface area contributed by atoms with Crippen LogP contribution in [0.1, 0.15) is 42.6 Å². The predicted molar refractivity (Wildman–Crippen MR) is 136 cm³/mol. The summed E-state index contributed by atoms with van der Waals surface area (Å²) in [5.41, 5.74) is 7.59. The van der Waals surface area contributed by atoms with Gasteiger partial charge in [-0.05, 0) is 48.6 Å². The molecule has 9 heteroatoms. The van der Waals surface area contributed by atoms with E-state index in [0.29, 0.717) is 37.2 Å². The van der Waals surface area contributed by atoms with Crippen molar-refractivity contribution in [2.75, 3.05) is 18.4 Å². The Morgan fingerprint density at radius 3 is 2.50 bits per heavy atom. The van der Waals surface area contributed by atoms with Crippen molar-refractivity contribution in [2.45, 2.75) is 51.4 Å². The molecule has 4 N–H and O–H groups in total. The maximum Gasteiger partial charge on any atom is 0.322 e. The molecule has 3 unspecified atom stereocenters. The first-order chi connectivity index (χ1) is 17.3. The molecule has 0 bridgehead atoms. The number of para-hydroxylation sites is 1. The van der Waals surface area contributed by atoms with Crippen LogP contribution in [0.15, 0.2) is 54.6 Å². The molecule has 0 saturated carbocycles. The number of amides is 4. The standard InChI is InChI=1S/C27H33N5O4/c1-17(2)13-21(30-25(34)19-8-6-7-18(14-19)15-28)26(35)31-12-11-22-24(31)23(33)16-32(22)27(36)29-20-9-4-3-5-10-20/h3-10,14,17,21-22,24H,11-13,15-16,28H2,1-2H3,(H,29,36)(H,30,34). The first-order valence-corrected chi connectivity index (χ1v) is 12.3. The number of hydrogen-bond acceptors (Lipinski definition) is 5. The van der Waals surface area contributed by atoms with Crippen molar-refractivity contribution < 1.29 is 19.2 Å². The van der Waals surface area contributed by atoms with Gasteiger partial charge in [-0.25, -0.2) is 4.79 Å². The molecule has 2 fully saturated rings. The Hall–Kier alpha value is -3.72. The summed E-state index contributed by atoms with van der Waals surface area (Å²) in [6.07, 6.45) is 0.937. The minimum atomic E-state index is -0.780. The van der Waals surface area contributed by atoms with Gasteiger partial charge in [-0.1, -0.05) is 44.2 Å². The van der Waals surface area contributed by atoms with Gasteiger partial charge in [-0.2, -0.15) is 0 Å². The third-order valence-electron chi connectivity index (χ3n) is 6.73. The van der Waals surface area contributed by atoms with Crippen LogP contribution in [0, 0.1) is 5.92 Å². The predicted octanol–water partition coefficient (Wildman–Crippen LogP) is 2.38. The molecule has 2 saturated heterocycles. The van der Waals surface area contributed by atoms with Gasteiger partial charge in [0.2, 0.25) is 5.91 Å². The molecule has 0 radical (unpaired) electrons. The SMILES string of the molecule is CC(C)CC(NC(=O)c1cccc(CN)c1)C(=O)N1CCC2C1C(=O)CN2C(=O)Nc1ccccc1. The lowest BCUT2D eigenvalue weighted by atomic mass is 10.0. The maximum atomic E-state index is 13.6. The van der Waals surface area contributed by atoms with Crippen LogP contribution in [0.3, 0.4) is 0 Å². The molecule has 3 atom stereocenters. The Balaban J connectivity index is 1.48. The molecule has 4 rings (SSSR count). The van der Waals surface area contributed by atoms with Crippen LogP contribution in [0.5, 0.6) is 0 Å². The average Bonchev–Trinajstić information content (AvgIpc) is 3.45. The van der Waals surface area contributed by atoms with Crippen LogP contribution in [0.2, 0.25) is 0 Å². The fourth-order valence-electron chi connectivity index (χ4n) is 5.03. The Labute approximate surface area is 211 Å². The van der Waals surface area contributed by atoms with Gasteiger partial charge >= 0.3 is 6.03 Å². The second kappa shape index (κ2) is 10.9. The van der Waals surface area contributed by atoms with E-state index in [0.717, 1.165) is 5.56 Å². The Bertz CT molecular complexity index is 1140. The number of anilines is 1. The van der Waals surface area contributed by atoms with E-state index in [-0.39, 0.29) is 42.1 Å². The Kier molecular flexibility index (Phi) is 7.69. The van der Waals surface area contributed by atoms with Gasteiger partial charge in [0.15, 0.2) is 5.78 Å². The van der Waals surface area contributed by atoms with Gasteiger partial charge in [0, 0.05) is 24.3 Å². The second-order valence-corrected chi connectivity index (χ2v) is 9.78. The number of carbonyl (C=O) groups is 4. The fraction of sp³-hybridized carbons (Fsp3) is 0.407. The topological polar surface area (TPSA) is 125 Å². The smallest absolute Gasteiger partial charge is 0.322 e. The maximum absolute atomic E-state index is 13.6. The van der Waals surface area contributed by atoms with Crippen LogP contribution in [0.4, 0.5) is 10.5 Å². The largest absolute Gasteiger partial charge is 0.340 e. The van der Waals surface area contributed by atoms with E-state index in [9.17, 15) is 19.2 Å². The molecular formula is C27H33N5O4. The normalized spacial score (nSPS) is 19.8. The number of fused-ring (bicyclic) bond motifs is 1. The van der Waals surface area contributed by atoms with Crippen molar-refractivity contribution in [3.63, 3.8) is 0 Å². The number of benzene rings is 2. The van der Waals surface area contributed by atoms with E-state index in [4.69, 9.17) is 5.73 Å². The summed E-state index contributed by atoms with van der Waals surface area (Å²) in [4.78, 5) is 55.6. The number of hydrogen-bond donors (Lipinski definition) is 3. The summed E-state index contributed by atoms with van der Waals surface area (Å²) in [6, 6.07) is 13.8. The molecule has 2 aliphatic heterocycles. The number of nitrogens with one attached hydrogen (secondary N) is 2. The first-order valence-electron chi connectivity index (χ1n) is 12.3. The Morgan fingerprint density at radius 1 is 1.06 bits per heavy atom. The second-order valence-electron chi connectivity index (χ2n) is 9.78. The number of likely N-dealkylation sites (tertiary alicyclic amines) is 2. The molecule has 0 aliphatic carbocycles. The van der Waals surface area contributed by atoms with Crippen LogP contribution >= 0.6 is 0 Å². The van der Waals surface area contributed by atoms with Gasteiger partial charge < -0.3 is 26.2 Å². The zero-order valence-electron chi connectivity index (χ0n) is 20.6. The van der Waals surface area contributed by atoms with Crippen LogP contribution in [-0.4, -0.2) is 64.6 Å². The van der Waals surface area contributed by atoms with Crippen molar-refractivity contribution >= 4 is 29.3 Å². The van der Waals surface area contributed by atoms with Crippen molar-refractivity contribution in [3.8, 4) is 0 Å². The van der Waals surface area contributed by atoms with Gasteiger partial charge in [-0.15, -0.1) is 0 Å². The summed E-state index contributed by atoms with van der Waals surface area (Å²) in [5, 5.41) is 5.71. The molecule has 2 aromatic carbocycles. The number of ketones is 1. The molecule has 2 heterocycles. The number of carbonyl (C=O) groups excluding carboxylic acids is 4. The molecule has 0 spiro atoms. The number of rotatable bonds is 7. The first kappa shape index (κ1) is 25.4. The highest BCUT2D eigenvalue weighted by molar-refractivity contribution is 6.02. The summed E-state index contributed by atoms with van der Waals surface area (Å²) in [7, 11) is 0. The minimum Gasteiger partial charge on any atom is -0.340 e. The van der Waals surface area contributed by atoms with E-state index < -0.39 is 12.1 Å². The molecule has 9 nitrogen and oxygen atoms in total. The molecule has 2 aliphatic rings. The van der Waals surface area contributed by atoms with Gasteiger partial charge in [0.1, 0.15) is 12.1 Å². The molecule has 190 valence electrons. The average molecular weight is 492 g/mol. The number of Topliss-reactive ketones (excluding diaryl/α,β-unsaturated/α-hetero) is 1. The Morgan fingerprint density at radius 2 is 1.81 bits per heavy atom. The van der Waals surface area contributed by atoms with Crippen LogP contribution in [0.25, 0.3) is 0 Å². The van der Waals surface area contributed by atoms with Gasteiger partial charge in [0.05, 0.1) is 12.6 Å². The van der Waals surface area contributed by atoms with Crippen molar-refractivity contribution in [3.05, 3.63) is 65.7 Å².